The molecule has 8 heteroatoms. The Balaban J connectivity index is 1.55. The molecule has 0 radical (unpaired) electrons. The van der Waals surface area contributed by atoms with E-state index in [1.165, 1.54) is 12.1 Å². The normalized spacial score (nSPS) is 13.7. The maximum atomic E-state index is 12.9. The highest BCUT2D eigenvalue weighted by Crippen LogP contribution is 2.28. The van der Waals surface area contributed by atoms with Crippen LogP contribution in [0.3, 0.4) is 0 Å². The Morgan fingerprint density at radius 3 is 2.72 bits per heavy atom. The summed E-state index contributed by atoms with van der Waals surface area (Å²) in [6.07, 6.45) is 3.16. The van der Waals surface area contributed by atoms with Gasteiger partial charge in [-0.15, -0.1) is 0 Å². The van der Waals surface area contributed by atoms with Gasteiger partial charge in [0.25, 0.3) is 0 Å². The fourth-order valence-corrected chi connectivity index (χ4v) is 4.36. The SMILES string of the molecule is Cn1nc2c(c1NC(=O)CCCS(=O)(=O)c1ccc(F)cc1)CCC2. The summed E-state index contributed by atoms with van der Waals surface area (Å²) in [6, 6.07) is 4.71. The molecule has 3 rings (SSSR count). The first-order valence-electron chi connectivity index (χ1n) is 8.20. The second kappa shape index (κ2) is 6.95. The maximum Gasteiger partial charge on any atom is 0.225 e. The predicted molar refractivity (Wildman–Crippen MR) is 91.5 cm³/mol. The lowest BCUT2D eigenvalue weighted by molar-refractivity contribution is -0.116. The average Bonchev–Trinajstić information content (AvgIpc) is 3.10. The number of aromatic nitrogens is 2. The van der Waals surface area contributed by atoms with Gasteiger partial charge in [-0.05, 0) is 49.9 Å². The molecular formula is C17H20FN3O3S. The third-order valence-electron chi connectivity index (χ3n) is 4.32. The molecule has 1 aliphatic rings. The van der Waals surface area contributed by atoms with Gasteiger partial charge in [0, 0.05) is 19.0 Å². The number of hydrogen-bond acceptors (Lipinski definition) is 4. The summed E-state index contributed by atoms with van der Waals surface area (Å²) < 4.78 is 38.9. The minimum atomic E-state index is -3.52. The summed E-state index contributed by atoms with van der Waals surface area (Å²) in [5, 5.41) is 7.23. The van der Waals surface area contributed by atoms with Gasteiger partial charge in [-0.25, -0.2) is 12.8 Å². The number of hydrogen-bond donors (Lipinski definition) is 1. The van der Waals surface area contributed by atoms with Crippen molar-refractivity contribution in [2.75, 3.05) is 11.1 Å². The van der Waals surface area contributed by atoms with Gasteiger partial charge in [-0.2, -0.15) is 5.10 Å². The molecule has 0 saturated heterocycles. The molecule has 0 saturated carbocycles. The van der Waals surface area contributed by atoms with Gasteiger partial charge in [0.05, 0.1) is 16.3 Å². The number of anilines is 1. The first-order chi connectivity index (χ1) is 11.9. The standard InChI is InChI=1S/C17H20FN3O3S/c1-21-17(14-4-2-5-15(14)20-21)19-16(22)6-3-11-25(23,24)13-9-7-12(18)8-10-13/h7-10H,2-6,11H2,1H3,(H,19,22). The van der Waals surface area contributed by atoms with Crippen molar-refractivity contribution in [3.63, 3.8) is 0 Å². The number of carbonyl (C=O) groups is 1. The molecular weight excluding hydrogens is 345 g/mol. The summed E-state index contributed by atoms with van der Waals surface area (Å²) >= 11 is 0. The fourth-order valence-electron chi connectivity index (χ4n) is 3.05. The third kappa shape index (κ3) is 3.89. The second-order valence-corrected chi connectivity index (χ2v) is 8.28. The molecule has 25 heavy (non-hydrogen) atoms. The maximum absolute atomic E-state index is 12.9. The first-order valence-corrected chi connectivity index (χ1v) is 9.85. The molecule has 1 N–H and O–H groups in total. The van der Waals surface area contributed by atoms with Gasteiger partial charge in [0.1, 0.15) is 11.6 Å². The highest BCUT2D eigenvalue weighted by molar-refractivity contribution is 7.91. The lowest BCUT2D eigenvalue weighted by Crippen LogP contribution is -2.17. The number of fused-ring (bicyclic) bond motifs is 1. The minimum Gasteiger partial charge on any atom is -0.311 e. The van der Waals surface area contributed by atoms with Gasteiger partial charge < -0.3 is 5.32 Å². The van der Waals surface area contributed by atoms with Gasteiger partial charge >= 0.3 is 0 Å². The van der Waals surface area contributed by atoms with Crippen molar-refractivity contribution in [2.45, 2.75) is 37.0 Å². The van der Waals surface area contributed by atoms with Crippen molar-refractivity contribution in [3.8, 4) is 0 Å². The van der Waals surface area contributed by atoms with Crippen LogP contribution in [0.2, 0.25) is 0 Å². The van der Waals surface area contributed by atoms with Crippen molar-refractivity contribution in [1.29, 1.82) is 0 Å². The molecule has 6 nitrogen and oxygen atoms in total. The van der Waals surface area contributed by atoms with E-state index in [-0.39, 0.29) is 29.4 Å². The van der Waals surface area contributed by atoms with Crippen LogP contribution in [-0.4, -0.2) is 29.9 Å². The van der Waals surface area contributed by atoms with E-state index >= 15 is 0 Å². The van der Waals surface area contributed by atoms with E-state index in [0.29, 0.717) is 5.82 Å². The first kappa shape index (κ1) is 17.6. The molecule has 1 heterocycles. The molecule has 0 aliphatic heterocycles. The fraction of sp³-hybridized carbons (Fsp3) is 0.412. The zero-order chi connectivity index (χ0) is 18.0. The molecule has 2 aromatic rings. The quantitative estimate of drug-likeness (QED) is 0.796. The van der Waals surface area contributed by atoms with Crippen LogP contribution < -0.4 is 5.32 Å². The summed E-state index contributed by atoms with van der Waals surface area (Å²) in [6.45, 7) is 0. The number of rotatable bonds is 6. The Labute approximate surface area is 146 Å². The lowest BCUT2D eigenvalue weighted by atomic mass is 10.2. The van der Waals surface area contributed by atoms with Crippen molar-refractivity contribution < 1.29 is 17.6 Å². The van der Waals surface area contributed by atoms with Crippen molar-refractivity contribution >= 4 is 21.6 Å². The molecule has 1 aromatic carbocycles. The Morgan fingerprint density at radius 1 is 1.28 bits per heavy atom. The van der Waals surface area contributed by atoms with Gasteiger partial charge in [0.15, 0.2) is 9.84 Å². The summed E-state index contributed by atoms with van der Waals surface area (Å²) in [5.74, 6) is -0.164. The Morgan fingerprint density at radius 2 is 2.00 bits per heavy atom. The van der Waals surface area contributed by atoms with Crippen molar-refractivity contribution in [1.82, 2.24) is 9.78 Å². The summed E-state index contributed by atoms with van der Waals surface area (Å²) in [7, 11) is -1.73. The van der Waals surface area contributed by atoms with Crippen molar-refractivity contribution in [2.24, 2.45) is 7.05 Å². The number of sulfone groups is 1. The summed E-state index contributed by atoms with van der Waals surface area (Å²) in [5.41, 5.74) is 2.10. The van der Waals surface area contributed by atoms with E-state index < -0.39 is 15.7 Å². The minimum absolute atomic E-state index is 0.0683. The topological polar surface area (TPSA) is 81.1 Å². The van der Waals surface area contributed by atoms with Crippen LogP contribution in [0.4, 0.5) is 10.2 Å². The van der Waals surface area contributed by atoms with E-state index in [9.17, 15) is 17.6 Å². The van der Waals surface area contributed by atoms with Gasteiger partial charge in [0.2, 0.25) is 5.91 Å². The number of aryl methyl sites for hydroxylation is 2. The largest absolute Gasteiger partial charge is 0.311 e. The highest BCUT2D eigenvalue weighted by Gasteiger charge is 2.22. The van der Waals surface area contributed by atoms with E-state index in [1.54, 1.807) is 11.7 Å². The predicted octanol–water partition coefficient (Wildman–Crippen LogP) is 2.24. The van der Waals surface area contributed by atoms with Crippen LogP contribution in [-0.2, 0) is 34.5 Å². The Hall–Kier alpha value is -2.22. The molecule has 0 fully saturated rings. The molecule has 134 valence electrons. The van der Waals surface area contributed by atoms with Gasteiger partial charge in [-0.3, -0.25) is 9.48 Å². The van der Waals surface area contributed by atoms with Crippen molar-refractivity contribution in [3.05, 3.63) is 41.3 Å². The van der Waals surface area contributed by atoms with Gasteiger partial charge in [-0.1, -0.05) is 0 Å². The lowest BCUT2D eigenvalue weighted by Gasteiger charge is -2.08. The smallest absolute Gasteiger partial charge is 0.225 e. The molecule has 1 amide bonds. The molecule has 0 atom stereocenters. The molecule has 0 spiro atoms. The van der Waals surface area contributed by atoms with Crippen LogP contribution in [0, 0.1) is 5.82 Å². The Kier molecular flexibility index (Phi) is 4.89. The zero-order valence-electron chi connectivity index (χ0n) is 14.0. The molecule has 0 bridgehead atoms. The van der Waals surface area contributed by atoms with E-state index in [2.05, 4.69) is 10.4 Å². The number of benzene rings is 1. The number of nitrogens with one attached hydrogen (secondary N) is 1. The zero-order valence-corrected chi connectivity index (χ0v) is 14.8. The molecule has 0 unspecified atom stereocenters. The average molecular weight is 365 g/mol. The van der Waals surface area contributed by atoms with Crippen LogP contribution in [0.5, 0.6) is 0 Å². The number of halogens is 1. The van der Waals surface area contributed by atoms with Crippen LogP contribution >= 0.6 is 0 Å². The molecule has 1 aromatic heterocycles. The third-order valence-corrected chi connectivity index (χ3v) is 6.13. The number of nitrogens with zero attached hydrogens (tertiary/aromatic N) is 2. The van der Waals surface area contributed by atoms with Crippen LogP contribution in [0.15, 0.2) is 29.2 Å². The number of amides is 1. The summed E-state index contributed by atoms with van der Waals surface area (Å²) in [4.78, 5) is 12.2. The van der Waals surface area contributed by atoms with Crippen LogP contribution in [0.25, 0.3) is 0 Å². The van der Waals surface area contributed by atoms with Crippen LogP contribution in [0.1, 0.15) is 30.5 Å². The number of carbonyl (C=O) groups excluding carboxylic acids is 1. The second-order valence-electron chi connectivity index (χ2n) is 6.18. The highest BCUT2D eigenvalue weighted by atomic mass is 32.2. The Bertz CT molecular complexity index is 889. The monoisotopic (exact) mass is 365 g/mol. The van der Waals surface area contributed by atoms with E-state index in [4.69, 9.17) is 0 Å². The van der Waals surface area contributed by atoms with E-state index in [1.807, 2.05) is 0 Å². The van der Waals surface area contributed by atoms with E-state index in [0.717, 1.165) is 42.7 Å². The molecule has 1 aliphatic carbocycles.